The van der Waals surface area contributed by atoms with Gasteiger partial charge in [0.2, 0.25) is 0 Å². The van der Waals surface area contributed by atoms with E-state index in [-0.39, 0.29) is 18.0 Å². The highest BCUT2D eigenvalue weighted by molar-refractivity contribution is 6.05. The van der Waals surface area contributed by atoms with Gasteiger partial charge in [-0.2, -0.15) is 0 Å². The third-order valence-electron chi connectivity index (χ3n) is 5.50. The van der Waals surface area contributed by atoms with Gasteiger partial charge >= 0.3 is 5.97 Å². The topological polar surface area (TPSA) is 67.3 Å². The van der Waals surface area contributed by atoms with Crippen LogP contribution in [0.3, 0.4) is 0 Å². The molecule has 0 fully saturated rings. The number of rotatable bonds is 9. The van der Waals surface area contributed by atoms with Crippen LogP contribution in [0.15, 0.2) is 73.1 Å². The Morgan fingerprint density at radius 2 is 1.88 bits per heavy atom. The van der Waals surface area contributed by atoms with E-state index in [0.717, 1.165) is 11.4 Å². The Balaban J connectivity index is 1.63. The van der Waals surface area contributed by atoms with E-state index >= 15 is 0 Å². The molecule has 0 radical (unpaired) electrons. The van der Waals surface area contributed by atoms with E-state index < -0.39 is 5.97 Å². The monoisotopic (exact) mass is 458 g/mol. The molecule has 34 heavy (non-hydrogen) atoms. The molecule has 0 saturated heterocycles. The van der Waals surface area contributed by atoms with Gasteiger partial charge in [-0.05, 0) is 49.2 Å². The molecule has 0 unspecified atom stereocenters. The molecule has 0 saturated carbocycles. The van der Waals surface area contributed by atoms with Gasteiger partial charge in [-0.25, -0.2) is 14.2 Å². The molecule has 174 valence electrons. The molecule has 2 aromatic carbocycles. The van der Waals surface area contributed by atoms with Crippen LogP contribution >= 0.6 is 0 Å². The Morgan fingerprint density at radius 3 is 2.62 bits per heavy atom. The highest BCUT2D eigenvalue weighted by atomic mass is 19.1. The summed E-state index contributed by atoms with van der Waals surface area (Å²) in [4.78, 5) is 23.7. The Labute approximate surface area is 198 Å². The summed E-state index contributed by atoms with van der Waals surface area (Å²) >= 11 is 0. The summed E-state index contributed by atoms with van der Waals surface area (Å²) in [7, 11) is 0. The van der Waals surface area contributed by atoms with Crippen molar-refractivity contribution in [3.63, 3.8) is 0 Å². The molecule has 0 aliphatic heterocycles. The van der Waals surface area contributed by atoms with Crippen molar-refractivity contribution in [2.75, 3.05) is 29.9 Å². The van der Waals surface area contributed by atoms with Gasteiger partial charge in [0.1, 0.15) is 17.2 Å². The number of pyridine rings is 2. The fourth-order valence-electron chi connectivity index (χ4n) is 3.93. The van der Waals surface area contributed by atoms with E-state index in [1.165, 1.54) is 18.3 Å². The Kier molecular flexibility index (Phi) is 7.32. The SMILES string of the molecule is CCOC(=O)c1cnc2c(C)cc(F)cc2c1NCCN(Cc1ccccc1)c1ccccn1. The summed E-state index contributed by atoms with van der Waals surface area (Å²) in [6, 6.07) is 18.8. The van der Waals surface area contributed by atoms with Gasteiger partial charge in [0, 0.05) is 37.4 Å². The zero-order valence-corrected chi connectivity index (χ0v) is 19.3. The molecule has 0 amide bonds. The number of ether oxygens (including phenoxy) is 1. The second kappa shape index (κ2) is 10.7. The number of carbonyl (C=O) groups excluding carboxylic acids is 1. The lowest BCUT2D eigenvalue weighted by molar-refractivity contribution is 0.0527. The van der Waals surface area contributed by atoms with Crippen molar-refractivity contribution in [1.82, 2.24) is 9.97 Å². The highest BCUT2D eigenvalue weighted by Crippen LogP contribution is 2.29. The van der Waals surface area contributed by atoms with E-state index in [4.69, 9.17) is 4.74 Å². The number of nitrogens with zero attached hydrogens (tertiary/aromatic N) is 3. The zero-order valence-electron chi connectivity index (χ0n) is 19.3. The summed E-state index contributed by atoms with van der Waals surface area (Å²) in [5, 5.41) is 3.91. The van der Waals surface area contributed by atoms with E-state index in [0.29, 0.717) is 41.8 Å². The van der Waals surface area contributed by atoms with Crippen LogP contribution in [0.5, 0.6) is 0 Å². The minimum Gasteiger partial charge on any atom is -0.462 e. The Morgan fingerprint density at radius 1 is 1.09 bits per heavy atom. The van der Waals surface area contributed by atoms with Gasteiger partial charge in [0.25, 0.3) is 0 Å². The predicted molar refractivity (Wildman–Crippen MR) is 133 cm³/mol. The van der Waals surface area contributed by atoms with Crippen molar-refractivity contribution >= 4 is 28.4 Å². The molecule has 0 aliphatic carbocycles. The maximum absolute atomic E-state index is 14.3. The third-order valence-corrected chi connectivity index (χ3v) is 5.50. The zero-order chi connectivity index (χ0) is 23.9. The number of benzene rings is 2. The summed E-state index contributed by atoms with van der Waals surface area (Å²) < 4.78 is 19.5. The standard InChI is InChI=1S/C27H27FN4O2/c1-3-34-27(33)23-17-31-25-19(2)15-21(28)16-22(25)26(23)30-13-14-32(24-11-7-8-12-29-24)18-20-9-5-4-6-10-20/h4-12,15-17H,3,13-14,18H2,1-2H3,(H,30,31). The van der Waals surface area contributed by atoms with Crippen LogP contribution in [0.4, 0.5) is 15.9 Å². The maximum atomic E-state index is 14.3. The largest absolute Gasteiger partial charge is 0.462 e. The number of hydrogen-bond acceptors (Lipinski definition) is 6. The molecule has 4 rings (SSSR count). The predicted octanol–water partition coefficient (Wildman–Crippen LogP) is 5.37. The van der Waals surface area contributed by atoms with Crippen molar-refractivity contribution in [2.24, 2.45) is 0 Å². The minimum atomic E-state index is -0.493. The quantitative estimate of drug-likeness (QED) is 0.340. The summed E-state index contributed by atoms with van der Waals surface area (Å²) in [5.41, 5.74) is 3.31. The molecular formula is C27H27FN4O2. The molecule has 2 heterocycles. The minimum absolute atomic E-state index is 0.239. The normalized spacial score (nSPS) is 10.8. The number of hydrogen-bond donors (Lipinski definition) is 1. The lowest BCUT2D eigenvalue weighted by Crippen LogP contribution is -2.29. The molecule has 1 N–H and O–H groups in total. The summed E-state index contributed by atoms with van der Waals surface area (Å²) in [5.74, 6) is -0.0255. The smallest absolute Gasteiger partial charge is 0.341 e. The molecule has 0 atom stereocenters. The van der Waals surface area contributed by atoms with Gasteiger partial charge < -0.3 is 15.0 Å². The number of fused-ring (bicyclic) bond motifs is 1. The first-order chi connectivity index (χ1) is 16.6. The van der Waals surface area contributed by atoms with Gasteiger partial charge in [-0.15, -0.1) is 0 Å². The second-order valence-corrected chi connectivity index (χ2v) is 7.91. The lowest BCUT2D eigenvalue weighted by Gasteiger charge is -2.25. The Bertz CT molecular complexity index is 1270. The lowest BCUT2D eigenvalue weighted by atomic mass is 10.1. The average molecular weight is 459 g/mol. The van der Waals surface area contributed by atoms with E-state index in [9.17, 15) is 9.18 Å². The third kappa shape index (κ3) is 5.31. The number of aromatic nitrogens is 2. The van der Waals surface area contributed by atoms with Gasteiger partial charge in [0.05, 0.1) is 17.8 Å². The van der Waals surface area contributed by atoms with Crippen LogP contribution in [0.2, 0.25) is 0 Å². The van der Waals surface area contributed by atoms with E-state index in [2.05, 4.69) is 32.3 Å². The summed E-state index contributed by atoms with van der Waals surface area (Å²) in [6.07, 6.45) is 3.26. The van der Waals surface area contributed by atoms with E-state index in [1.807, 2.05) is 36.4 Å². The molecule has 4 aromatic rings. The molecular weight excluding hydrogens is 431 g/mol. The maximum Gasteiger partial charge on any atom is 0.341 e. The number of nitrogens with one attached hydrogen (secondary N) is 1. The fourth-order valence-corrected chi connectivity index (χ4v) is 3.93. The van der Waals surface area contributed by atoms with Gasteiger partial charge in [-0.1, -0.05) is 36.4 Å². The number of aryl methyl sites for hydroxylation is 1. The second-order valence-electron chi connectivity index (χ2n) is 7.91. The molecule has 0 spiro atoms. The van der Waals surface area contributed by atoms with Crippen molar-refractivity contribution in [3.05, 3.63) is 95.6 Å². The first-order valence-electron chi connectivity index (χ1n) is 11.3. The Hall–Kier alpha value is -4.00. The summed E-state index contributed by atoms with van der Waals surface area (Å²) in [6.45, 7) is 5.56. The molecule has 0 aliphatic rings. The van der Waals surface area contributed by atoms with Gasteiger partial charge in [-0.3, -0.25) is 4.98 Å². The number of carbonyl (C=O) groups is 1. The van der Waals surface area contributed by atoms with Crippen LogP contribution in [0, 0.1) is 12.7 Å². The van der Waals surface area contributed by atoms with Crippen molar-refractivity contribution in [3.8, 4) is 0 Å². The van der Waals surface area contributed by atoms with Crippen LogP contribution in [-0.2, 0) is 11.3 Å². The van der Waals surface area contributed by atoms with Crippen LogP contribution in [-0.4, -0.2) is 35.6 Å². The highest BCUT2D eigenvalue weighted by Gasteiger charge is 2.19. The number of anilines is 2. The van der Waals surface area contributed by atoms with Crippen LogP contribution in [0.1, 0.15) is 28.4 Å². The molecule has 2 aromatic heterocycles. The van der Waals surface area contributed by atoms with Crippen molar-refractivity contribution in [1.29, 1.82) is 0 Å². The molecule has 0 bridgehead atoms. The van der Waals surface area contributed by atoms with Crippen molar-refractivity contribution < 1.29 is 13.9 Å². The van der Waals surface area contributed by atoms with Crippen LogP contribution in [0.25, 0.3) is 10.9 Å². The van der Waals surface area contributed by atoms with Crippen molar-refractivity contribution in [2.45, 2.75) is 20.4 Å². The number of halogens is 1. The average Bonchev–Trinajstić information content (AvgIpc) is 2.85. The van der Waals surface area contributed by atoms with Crippen LogP contribution < -0.4 is 10.2 Å². The first kappa shape index (κ1) is 23.2. The fraction of sp³-hybridized carbons (Fsp3) is 0.222. The molecule has 7 heteroatoms. The molecule has 6 nitrogen and oxygen atoms in total. The van der Waals surface area contributed by atoms with E-state index in [1.54, 1.807) is 20.0 Å². The number of esters is 1. The first-order valence-corrected chi connectivity index (χ1v) is 11.3. The van der Waals surface area contributed by atoms with Gasteiger partial charge in [0.15, 0.2) is 0 Å².